The highest BCUT2D eigenvalue weighted by Gasteiger charge is 2.43. The third-order valence-corrected chi connectivity index (χ3v) is 11.6. The highest BCUT2D eigenvalue weighted by Crippen LogP contribution is 2.22. The van der Waals surface area contributed by atoms with E-state index in [2.05, 4.69) is 42.5 Å². The molecule has 2 saturated heterocycles. The first-order valence-electron chi connectivity index (χ1n) is 22.7. The zero-order valence-corrected chi connectivity index (χ0v) is 40.9. The first kappa shape index (κ1) is 59.5. The van der Waals surface area contributed by atoms with Gasteiger partial charge in [0.1, 0.15) is 42.3 Å². The molecule has 390 valence electrons. The number of carbonyl (C=O) groups is 11. The molecule has 0 aliphatic carbocycles. The number of β-amino-alcohol motifs (C(OH)–C–C–N with tert-alkyl or cyclic N) is 2. The number of nitrogens with one attached hydrogen (secondary N) is 8. The van der Waals surface area contributed by atoms with Crippen molar-refractivity contribution in [3.63, 3.8) is 0 Å². The van der Waals surface area contributed by atoms with Crippen LogP contribution in [0.1, 0.15) is 73.6 Å². The average molecular weight is 1000 g/mol. The minimum absolute atomic E-state index is 0.0391. The number of rotatable bonds is 27. The molecule has 2 fully saturated rings. The number of likely N-dealkylation sites (tertiary alicyclic amines) is 2. The molecule has 2 aliphatic rings. The lowest BCUT2D eigenvalue weighted by Gasteiger charge is -2.29. The SMILES string of the molecule is CSCC[C@H](NC(=O)CNC(=O)[C@@H]1C[C@@H](O)CN1C(=O)[C@H](CC(C)C)NC(=O)CNC(=O)[C@H](C)NC(=O)[C@@H](NC(=O)CNC(=O)[C@@H]1C[C@@H](O)CN1C(=O)[C@H](CC(C)C)NC(=O)CN)[C@@H](C)O)C(=O)O. The summed E-state index contributed by atoms with van der Waals surface area (Å²) in [6.45, 7) is 6.72. The van der Waals surface area contributed by atoms with Crippen molar-refractivity contribution in [3.05, 3.63) is 0 Å². The lowest BCUT2D eigenvalue weighted by Crippen LogP contribution is -2.58. The molecule has 0 aromatic rings. The van der Waals surface area contributed by atoms with E-state index in [1.54, 1.807) is 20.1 Å². The number of carboxylic acid groups (broad SMARTS) is 1. The summed E-state index contributed by atoms with van der Waals surface area (Å²) in [5.74, 6) is -9.01. The zero-order valence-electron chi connectivity index (χ0n) is 40.1. The normalized spacial score (nSPS) is 20.4. The number of aliphatic hydroxyl groups is 3. The Morgan fingerprint density at radius 2 is 1.03 bits per heavy atom. The van der Waals surface area contributed by atoms with E-state index in [9.17, 15) is 73.2 Å². The van der Waals surface area contributed by atoms with Crippen LogP contribution in [0.15, 0.2) is 0 Å². The second kappa shape index (κ2) is 28.8. The van der Waals surface area contributed by atoms with Crippen LogP contribution in [0.5, 0.6) is 0 Å². The second-order valence-corrected chi connectivity index (χ2v) is 18.9. The van der Waals surface area contributed by atoms with Crippen LogP contribution < -0.4 is 48.3 Å². The molecule has 27 heteroatoms. The molecule has 2 aliphatic heterocycles. The fourth-order valence-electron chi connectivity index (χ4n) is 7.52. The summed E-state index contributed by atoms with van der Waals surface area (Å²) in [5, 5.41) is 59.5. The third-order valence-electron chi connectivity index (χ3n) is 10.9. The summed E-state index contributed by atoms with van der Waals surface area (Å²) in [4.78, 5) is 144. The number of carbonyl (C=O) groups excluding carboxylic acids is 10. The molecule has 0 saturated carbocycles. The van der Waals surface area contributed by atoms with Crippen molar-refractivity contribution < 1.29 is 73.2 Å². The second-order valence-electron chi connectivity index (χ2n) is 17.9. The molecular formula is C42H71N11O15S. The van der Waals surface area contributed by atoms with Crippen LogP contribution >= 0.6 is 11.8 Å². The molecular weight excluding hydrogens is 931 g/mol. The van der Waals surface area contributed by atoms with Gasteiger partial charge in [-0.2, -0.15) is 11.8 Å². The summed E-state index contributed by atoms with van der Waals surface area (Å²) in [6, 6.07) is -8.87. The molecule has 2 rings (SSSR count). The van der Waals surface area contributed by atoms with E-state index < -0.39 is 145 Å². The Bertz CT molecular complexity index is 1860. The number of hydrogen-bond acceptors (Lipinski definition) is 16. The Morgan fingerprint density at radius 1 is 0.609 bits per heavy atom. The number of amides is 10. The van der Waals surface area contributed by atoms with E-state index in [4.69, 9.17) is 5.73 Å². The minimum Gasteiger partial charge on any atom is -0.480 e. The Balaban J connectivity index is 1.98. The van der Waals surface area contributed by atoms with Gasteiger partial charge in [-0.3, -0.25) is 47.9 Å². The topological polar surface area (TPSA) is 397 Å². The van der Waals surface area contributed by atoms with Crippen molar-refractivity contribution in [2.45, 2.75) is 134 Å². The van der Waals surface area contributed by atoms with Gasteiger partial charge in [0.05, 0.1) is 44.5 Å². The molecule has 0 spiro atoms. The number of nitrogens with two attached hydrogens (primary N) is 1. The number of thioether (sulfide) groups is 1. The Labute approximate surface area is 404 Å². The van der Waals surface area contributed by atoms with Crippen molar-refractivity contribution >= 4 is 76.8 Å². The van der Waals surface area contributed by atoms with Gasteiger partial charge in [-0.25, -0.2) is 4.79 Å². The van der Waals surface area contributed by atoms with Gasteiger partial charge in [-0.15, -0.1) is 0 Å². The van der Waals surface area contributed by atoms with Crippen LogP contribution in [0, 0.1) is 11.8 Å². The molecule has 0 aromatic carbocycles. The average Bonchev–Trinajstić information content (AvgIpc) is 3.87. The van der Waals surface area contributed by atoms with Gasteiger partial charge in [-0.05, 0) is 57.0 Å². The van der Waals surface area contributed by atoms with Gasteiger partial charge in [0, 0.05) is 25.9 Å². The van der Waals surface area contributed by atoms with Crippen LogP contribution in [0.2, 0.25) is 0 Å². The largest absolute Gasteiger partial charge is 0.480 e. The Morgan fingerprint density at radius 3 is 1.43 bits per heavy atom. The number of carboxylic acids is 1. The number of aliphatic carboxylic acids is 1. The molecule has 0 aromatic heterocycles. The van der Waals surface area contributed by atoms with Gasteiger partial charge in [-0.1, -0.05) is 27.7 Å². The van der Waals surface area contributed by atoms with Crippen molar-refractivity contribution in [1.29, 1.82) is 0 Å². The number of aliphatic hydroxyl groups excluding tert-OH is 3. The van der Waals surface area contributed by atoms with Crippen molar-refractivity contribution in [2.24, 2.45) is 17.6 Å². The predicted octanol–water partition coefficient (Wildman–Crippen LogP) is -6.03. The third kappa shape index (κ3) is 19.7. The maximum absolute atomic E-state index is 13.8. The van der Waals surface area contributed by atoms with E-state index in [-0.39, 0.29) is 63.6 Å². The Hall–Kier alpha value is -5.64. The van der Waals surface area contributed by atoms with Crippen LogP contribution in [-0.4, -0.2) is 207 Å². The number of hydrogen-bond donors (Lipinski definition) is 13. The van der Waals surface area contributed by atoms with Gasteiger partial charge in [0.15, 0.2) is 0 Å². The standard InChI is InChI=1S/C42H71N11O15S/c1-20(2)10-27(49-31(57)14-43)40(65)52-18-24(55)13-30(52)38(63)46-17-34(60)51-35(23(6)54)39(64)47-22(5)36(61)44-15-33(59)50-28(11-21(3)4)41(66)53-19-25(56)12-29(53)37(62)45-16-32(58)48-26(42(67)68)8-9-69-7/h20-30,35,54-56H,8-19,43H2,1-7H3,(H,44,61)(H,45,62)(H,46,63)(H,47,64)(H,48,58)(H,49,57)(H,50,59)(H,51,60)(H,67,68)/t22-,23+,24+,25+,26-,27-,28-,29-,30-,35-/m0/s1. The quantitative estimate of drug-likeness (QED) is 0.0364. The molecule has 0 unspecified atom stereocenters. The molecule has 0 radical (unpaired) electrons. The summed E-state index contributed by atoms with van der Waals surface area (Å²) < 4.78 is 0. The highest BCUT2D eigenvalue weighted by molar-refractivity contribution is 7.98. The monoisotopic (exact) mass is 1000 g/mol. The molecule has 10 amide bonds. The fraction of sp³-hybridized carbons (Fsp3) is 0.738. The fourth-order valence-corrected chi connectivity index (χ4v) is 8.00. The molecule has 69 heavy (non-hydrogen) atoms. The lowest BCUT2D eigenvalue weighted by molar-refractivity contribution is -0.143. The van der Waals surface area contributed by atoms with E-state index in [1.807, 2.05) is 13.8 Å². The van der Waals surface area contributed by atoms with Gasteiger partial charge < -0.3 is 78.5 Å². The van der Waals surface area contributed by atoms with Crippen LogP contribution in [-0.2, 0) is 52.7 Å². The van der Waals surface area contributed by atoms with Crippen molar-refractivity contribution in [1.82, 2.24) is 52.3 Å². The van der Waals surface area contributed by atoms with Crippen molar-refractivity contribution in [2.75, 3.05) is 51.3 Å². The minimum atomic E-state index is -1.64. The van der Waals surface area contributed by atoms with Crippen molar-refractivity contribution in [3.8, 4) is 0 Å². The first-order valence-corrected chi connectivity index (χ1v) is 24.1. The first-order chi connectivity index (χ1) is 32.3. The van der Waals surface area contributed by atoms with Crippen LogP contribution in [0.25, 0.3) is 0 Å². The highest BCUT2D eigenvalue weighted by atomic mass is 32.2. The van der Waals surface area contributed by atoms with Gasteiger partial charge in [0.25, 0.3) is 0 Å². The smallest absolute Gasteiger partial charge is 0.326 e. The van der Waals surface area contributed by atoms with E-state index in [0.29, 0.717) is 5.75 Å². The summed E-state index contributed by atoms with van der Waals surface area (Å²) in [5.41, 5.74) is 5.40. The summed E-state index contributed by atoms with van der Waals surface area (Å²) in [6.07, 6.45) is -1.84. The molecule has 10 atom stereocenters. The molecule has 2 heterocycles. The van der Waals surface area contributed by atoms with E-state index >= 15 is 0 Å². The van der Waals surface area contributed by atoms with Crippen LogP contribution in [0.3, 0.4) is 0 Å². The zero-order chi connectivity index (χ0) is 52.3. The predicted molar refractivity (Wildman–Crippen MR) is 247 cm³/mol. The maximum atomic E-state index is 13.8. The van der Waals surface area contributed by atoms with E-state index in [0.717, 1.165) is 9.80 Å². The lowest BCUT2D eigenvalue weighted by atomic mass is 10.0. The van der Waals surface area contributed by atoms with E-state index in [1.165, 1.54) is 25.6 Å². The molecule has 26 nitrogen and oxygen atoms in total. The van der Waals surface area contributed by atoms with Gasteiger partial charge in [0.2, 0.25) is 59.1 Å². The van der Waals surface area contributed by atoms with Gasteiger partial charge >= 0.3 is 5.97 Å². The summed E-state index contributed by atoms with van der Waals surface area (Å²) in [7, 11) is 0. The molecule has 14 N–H and O–H groups in total. The number of nitrogens with zero attached hydrogens (tertiary/aromatic N) is 2. The maximum Gasteiger partial charge on any atom is 0.326 e. The molecule has 0 bridgehead atoms. The Kier molecular flexibility index (Phi) is 24.8. The van der Waals surface area contributed by atoms with Crippen LogP contribution in [0.4, 0.5) is 0 Å². The summed E-state index contributed by atoms with van der Waals surface area (Å²) >= 11 is 1.39.